The van der Waals surface area contributed by atoms with Gasteiger partial charge in [0.2, 0.25) is 0 Å². The Balaban J connectivity index is 1.90. The fraction of sp³-hybridized carbons (Fsp3) is 0.929. The van der Waals surface area contributed by atoms with Crippen LogP contribution in [0, 0.1) is 0 Å². The smallest absolute Gasteiger partial charge is 0.406 e. The highest BCUT2D eigenvalue weighted by Gasteiger charge is 2.49. The number of hydrogen-bond donors (Lipinski definition) is 1. The van der Waals surface area contributed by atoms with Crippen LogP contribution < -0.4 is 5.32 Å². The first-order valence-electron chi connectivity index (χ1n) is 7.27. The molecule has 2 rings (SSSR count). The molecule has 1 amide bonds. The molecule has 5 nitrogen and oxygen atoms in total. The molecule has 110 valence electrons. The fourth-order valence-electron chi connectivity index (χ4n) is 3.42. The Morgan fingerprint density at radius 3 is 2.95 bits per heavy atom. The molecule has 2 aliphatic heterocycles. The third kappa shape index (κ3) is 3.20. The molecule has 0 unspecified atom stereocenters. The van der Waals surface area contributed by atoms with Crippen molar-refractivity contribution >= 4 is 6.09 Å². The van der Waals surface area contributed by atoms with E-state index in [2.05, 4.69) is 28.8 Å². The molecule has 2 fully saturated rings. The van der Waals surface area contributed by atoms with E-state index in [0.717, 1.165) is 19.6 Å². The largest absolute Gasteiger partial charge is 0.453 e. The fourth-order valence-corrected chi connectivity index (χ4v) is 3.42. The number of methoxy groups -OCH3 is 1. The minimum Gasteiger partial charge on any atom is -0.453 e. The van der Waals surface area contributed by atoms with Crippen molar-refractivity contribution in [2.45, 2.75) is 57.2 Å². The van der Waals surface area contributed by atoms with Gasteiger partial charge in [0.1, 0.15) is 0 Å². The van der Waals surface area contributed by atoms with Gasteiger partial charge in [0.05, 0.1) is 19.8 Å². The molecule has 5 heteroatoms. The maximum atomic E-state index is 11.2. The predicted octanol–water partition coefficient (Wildman–Crippen LogP) is 1.76. The molecule has 2 saturated heterocycles. The summed E-state index contributed by atoms with van der Waals surface area (Å²) < 4.78 is 10.5. The van der Waals surface area contributed by atoms with E-state index >= 15 is 0 Å². The standard InChI is InChI=1S/C14H26N2O3/c1-11(2)19-10-14-6-4-8-16(14)12(5-7-14)9-15-13(17)18-3/h11-12H,4-10H2,1-3H3,(H,15,17)/t12-,14-/m1/s1. The molecule has 0 spiro atoms. The van der Waals surface area contributed by atoms with Gasteiger partial charge in [-0.2, -0.15) is 0 Å². The van der Waals surface area contributed by atoms with Crippen molar-refractivity contribution < 1.29 is 14.3 Å². The van der Waals surface area contributed by atoms with Gasteiger partial charge in [-0.1, -0.05) is 0 Å². The molecule has 0 saturated carbocycles. The molecule has 2 aliphatic rings. The molecule has 0 radical (unpaired) electrons. The summed E-state index contributed by atoms with van der Waals surface area (Å²) in [6, 6.07) is 0.428. The van der Waals surface area contributed by atoms with Crippen molar-refractivity contribution in [3.63, 3.8) is 0 Å². The van der Waals surface area contributed by atoms with Gasteiger partial charge in [-0.25, -0.2) is 4.79 Å². The molecule has 19 heavy (non-hydrogen) atoms. The first-order chi connectivity index (χ1) is 9.07. The third-order valence-electron chi connectivity index (χ3n) is 4.39. The molecule has 0 aromatic rings. The van der Waals surface area contributed by atoms with E-state index in [4.69, 9.17) is 4.74 Å². The van der Waals surface area contributed by atoms with E-state index in [9.17, 15) is 4.79 Å². The zero-order valence-electron chi connectivity index (χ0n) is 12.3. The van der Waals surface area contributed by atoms with Gasteiger partial charge in [0.25, 0.3) is 0 Å². The van der Waals surface area contributed by atoms with Gasteiger partial charge in [0.15, 0.2) is 0 Å². The number of ether oxygens (including phenoxy) is 2. The Bertz CT molecular complexity index is 322. The highest BCUT2D eigenvalue weighted by Crippen LogP contribution is 2.42. The van der Waals surface area contributed by atoms with Crippen LogP contribution in [0.15, 0.2) is 0 Å². The Hall–Kier alpha value is -0.810. The lowest BCUT2D eigenvalue weighted by atomic mass is 9.95. The van der Waals surface area contributed by atoms with Crippen molar-refractivity contribution in [2.24, 2.45) is 0 Å². The average Bonchev–Trinajstić information content (AvgIpc) is 2.93. The molecule has 0 aliphatic carbocycles. The second-order valence-corrected chi connectivity index (χ2v) is 5.95. The maximum Gasteiger partial charge on any atom is 0.406 e. The number of rotatable bonds is 5. The van der Waals surface area contributed by atoms with Crippen LogP contribution in [0.25, 0.3) is 0 Å². The van der Waals surface area contributed by atoms with E-state index in [1.807, 2.05) is 0 Å². The summed E-state index contributed by atoms with van der Waals surface area (Å²) in [5.41, 5.74) is 0.215. The summed E-state index contributed by atoms with van der Waals surface area (Å²) in [6.45, 7) is 6.78. The van der Waals surface area contributed by atoms with Crippen LogP contribution in [0.1, 0.15) is 39.5 Å². The monoisotopic (exact) mass is 270 g/mol. The molecule has 0 bridgehead atoms. The van der Waals surface area contributed by atoms with Crippen molar-refractivity contribution in [3.8, 4) is 0 Å². The minimum absolute atomic E-state index is 0.215. The molecule has 2 atom stereocenters. The summed E-state index contributed by atoms with van der Waals surface area (Å²) in [5, 5.41) is 2.83. The van der Waals surface area contributed by atoms with E-state index < -0.39 is 0 Å². The number of nitrogens with one attached hydrogen (secondary N) is 1. The predicted molar refractivity (Wildman–Crippen MR) is 73.2 cm³/mol. The summed E-state index contributed by atoms with van der Waals surface area (Å²) in [7, 11) is 1.40. The third-order valence-corrected chi connectivity index (χ3v) is 4.39. The number of fused-ring (bicyclic) bond motifs is 1. The highest BCUT2D eigenvalue weighted by molar-refractivity contribution is 5.66. The lowest BCUT2D eigenvalue weighted by Crippen LogP contribution is -2.49. The van der Waals surface area contributed by atoms with E-state index in [-0.39, 0.29) is 17.7 Å². The van der Waals surface area contributed by atoms with Gasteiger partial charge in [-0.05, 0) is 46.1 Å². The van der Waals surface area contributed by atoms with E-state index in [1.54, 1.807) is 0 Å². The SMILES string of the molecule is COC(=O)NC[C@H]1CC[C@@]2(COC(C)C)CCCN12. The summed E-state index contributed by atoms with van der Waals surface area (Å²) in [5.74, 6) is 0. The number of nitrogens with zero attached hydrogens (tertiary/aromatic N) is 1. The minimum atomic E-state index is -0.338. The quantitative estimate of drug-likeness (QED) is 0.827. The summed E-state index contributed by atoms with van der Waals surface area (Å²) in [6.07, 6.45) is 4.70. The van der Waals surface area contributed by atoms with Gasteiger partial charge in [-0.15, -0.1) is 0 Å². The first kappa shape index (κ1) is 14.6. The van der Waals surface area contributed by atoms with E-state index in [1.165, 1.54) is 26.4 Å². The number of amides is 1. The Kier molecular flexibility index (Phi) is 4.68. The Morgan fingerprint density at radius 1 is 1.47 bits per heavy atom. The zero-order chi connectivity index (χ0) is 13.9. The second-order valence-electron chi connectivity index (χ2n) is 5.95. The van der Waals surface area contributed by atoms with Crippen LogP contribution in [-0.4, -0.2) is 55.5 Å². The Labute approximate surface area is 115 Å². The van der Waals surface area contributed by atoms with E-state index in [0.29, 0.717) is 12.6 Å². The van der Waals surface area contributed by atoms with Crippen molar-refractivity contribution in [3.05, 3.63) is 0 Å². The van der Waals surface area contributed by atoms with Gasteiger partial charge < -0.3 is 14.8 Å². The van der Waals surface area contributed by atoms with Crippen LogP contribution in [0.3, 0.4) is 0 Å². The van der Waals surface area contributed by atoms with Gasteiger partial charge >= 0.3 is 6.09 Å². The summed E-state index contributed by atoms with van der Waals surface area (Å²) >= 11 is 0. The van der Waals surface area contributed by atoms with Crippen molar-refractivity contribution in [2.75, 3.05) is 26.8 Å². The Morgan fingerprint density at radius 2 is 2.26 bits per heavy atom. The number of hydrogen-bond acceptors (Lipinski definition) is 4. The molecule has 2 heterocycles. The van der Waals surface area contributed by atoms with Crippen LogP contribution >= 0.6 is 0 Å². The lowest BCUT2D eigenvalue weighted by Gasteiger charge is -2.35. The molecule has 0 aromatic carbocycles. The number of carbonyl (C=O) groups is 1. The van der Waals surface area contributed by atoms with Crippen LogP contribution in [0.5, 0.6) is 0 Å². The highest BCUT2D eigenvalue weighted by atomic mass is 16.5. The second kappa shape index (κ2) is 6.09. The number of carbonyl (C=O) groups excluding carboxylic acids is 1. The maximum absolute atomic E-state index is 11.2. The van der Waals surface area contributed by atoms with Crippen LogP contribution in [-0.2, 0) is 9.47 Å². The van der Waals surface area contributed by atoms with Gasteiger partial charge in [-0.3, -0.25) is 4.90 Å². The molecule has 0 aromatic heterocycles. The topological polar surface area (TPSA) is 50.8 Å². The lowest BCUT2D eigenvalue weighted by molar-refractivity contribution is -0.00483. The van der Waals surface area contributed by atoms with Gasteiger partial charge in [0, 0.05) is 18.1 Å². The number of alkyl carbamates (subject to hydrolysis) is 1. The molecular weight excluding hydrogens is 244 g/mol. The van der Waals surface area contributed by atoms with Crippen LogP contribution in [0.4, 0.5) is 4.79 Å². The normalized spacial score (nSPS) is 30.6. The molecular formula is C14H26N2O3. The van der Waals surface area contributed by atoms with Crippen LogP contribution in [0.2, 0.25) is 0 Å². The average molecular weight is 270 g/mol. The first-order valence-corrected chi connectivity index (χ1v) is 7.27. The zero-order valence-corrected chi connectivity index (χ0v) is 12.3. The molecule has 1 N–H and O–H groups in total. The van der Waals surface area contributed by atoms with Crippen molar-refractivity contribution in [1.82, 2.24) is 10.2 Å². The summed E-state index contributed by atoms with van der Waals surface area (Å²) in [4.78, 5) is 13.7. The van der Waals surface area contributed by atoms with Crippen molar-refractivity contribution in [1.29, 1.82) is 0 Å².